The van der Waals surface area contributed by atoms with Gasteiger partial charge in [0.25, 0.3) is 5.91 Å². The molecular weight excluding hydrogens is 290 g/mol. The summed E-state index contributed by atoms with van der Waals surface area (Å²) in [6, 6.07) is 15.4. The van der Waals surface area contributed by atoms with Crippen LogP contribution in [0.5, 0.6) is 11.5 Å². The average Bonchev–Trinajstić information content (AvgIpc) is 2.58. The number of benzene rings is 2. The van der Waals surface area contributed by atoms with Crippen molar-refractivity contribution < 1.29 is 14.3 Å². The molecule has 0 heterocycles. The number of methoxy groups -OCH3 is 1. The Morgan fingerprint density at radius 2 is 1.87 bits per heavy atom. The zero-order chi connectivity index (χ0) is 16.7. The highest BCUT2D eigenvalue weighted by molar-refractivity contribution is 5.81. The van der Waals surface area contributed by atoms with E-state index in [4.69, 9.17) is 9.47 Å². The number of carbonyl (C=O) groups excluding carboxylic acids is 1. The molecule has 4 nitrogen and oxygen atoms in total. The summed E-state index contributed by atoms with van der Waals surface area (Å²) < 4.78 is 11.1. The minimum atomic E-state index is -0.545. The molecule has 122 valence electrons. The average molecular weight is 313 g/mol. The predicted octanol–water partition coefficient (Wildman–Crippen LogP) is 3.48. The van der Waals surface area contributed by atoms with E-state index in [1.807, 2.05) is 50.2 Å². The summed E-state index contributed by atoms with van der Waals surface area (Å²) in [6.45, 7) is 4.45. The number of nitrogens with one attached hydrogen (secondary N) is 1. The third-order valence-electron chi connectivity index (χ3n) is 3.55. The molecule has 1 atom stereocenters. The van der Waals surface area contributed by atoms with Crippen molar-refractivity contribution in [2.45, 2.75) is 32.9 Å². The molecule has 4 heteroatoms. The zero-order valence-electron chi connectivity index (χ0n) is 13.8. The van der Waals surface area contributed by atoms with Gasteiger partial charge in [0.05, 0.1) is 7.11 Å². The smallest absolute Gasteiger partial charge is 0.261 e. The Bertz CT molecular complexity index is 655. The van der Waals surface area contributed by atoms with Crippen LogP contribution in [0.4, 0.5) is 0 Å². The van der Waals surface area contributed by atoms with Gasteiger partial charge in [0.1, 0.15) is 0 Å². The van der Waals surface area contributed by atoms with Crippen LogP contribution in [0, 0.1) is 6.92 Å². The Labute approximate surface area is 137 Å². The van der Waals surface area contributed by atoms with E-state index in [9.17, 15) is 4.79 Å². The number of amides is 1. The lowest BCUT2D eigenvalue weighted by Gasteiger charge is -2.19. The minimum absolute atomic E-state index is 0.125. The van der Waals surface area contributed by atoms with Gasteiger partial charge in [-0.25, -0.2) is 0 Å². The molecule has 0 fully saturated rings. The van der Waals surface area contributed by atoms with Gasteiger partial charge in [-0.15, -0.1) is 0 Å². The van der Waals surface area contributed by atoms with E-state index in [1.165, 1.54) is 5.56 Å². The van der Waals surface area contributed by atoms with E-state index < -0.39 is 6.10 Å². The Hall–Kier alpha value is -2.49. The maximum atomic E-state index is 12.4. The van der Waals surface area contributed by atoms with Gasteiger partial charge in [0.2, 0.25) is 0 Å². The van der Waals surface area contributed by atoms with Crippen molar-refractivity contribution in [3.63, 3.8) is 0 Å². The van der Waals surface area contributed by atoms with Crippen LogP contribution in [0.1, 0.15) is 24.5 Å². The fourth-order valence-electron chi connectivity index (χ4n) is 2.32. The highest BCUT2D eigenvalue weighted by Gasteiger charge is 2.19. The van der Waals surface area contributed by atoms with Gasteiger partial charge in [-0.3, -0.25) is 4.79 Å². The number of ether oxygens (including phenoxy) is 2. The van der Waals surface area contributed by atoms with Crippen LogP contribution in [0.2, 0.25) is 0 Å². The third-order valence-corrected chi connectivity index (χ3v) is 3.55. The topological polar surface area (TPSA) is 47.6 Å². The largest absolute Gasteiger partial charge is 0.493 e. The number of para-hydroxylation sites is 2. The van der Waals surface area contributed by atoms with Crippen molar-refractivity contribution in [1.29, 1.82) is 0 Å². The van der Waals surface area contributed by atoms with Crippen LogP contribution < -0.4 is 14.8 Å². The fourth-order valence-corrected chi connectivity index (χ4v) is 2.32. The molecule has 1 N–H and O–H groups in total. The number of aryl methyl sites for hydroxylation is 1. The molecule has 0 aliphatic carbocycles. The summed E-state index contributed by atoms with van der Waals surface area (Å²) in [4.78, 5) is 12.4. The maximum absolute atomic E-state index is 12.4. The first kappa shape index (κ1) is 16.9. The van der Waals surface area contributed by atoms with E-state index in [-0.39, 0.29) is 5.91 Å². The molecule has 23 heavy (non-hydrogen) atoms. The lowest BCUT2D eigenvalue weighted by atomic mass is 10.1. The molecule has 0 aliphatic heterocycles. The number of hydrogen-bond donors (Lipinski definition) is 1. The van der Waals surface area contributed by atoms with Gasteiger partial charge in [0, 0.05) is 6.54 Å². The van der Waals surface area contributed by atoms with Crippen LogP contribution in [-0.4, -0.2) is 19.1 Å². The van der Waals surface area contributed by atoms with Gasteiger partial charge in [-0.1, -0.05) is 48.9 Å². The standard InChI is InChI=1S/C19H23NO3/c1-4-16(23-18-11-6-5-10-17(18)22-3)19(21)20-13-15-9-7-8-14(2)12-15/h5-12,16H,4,13H2,1-3H3,(H,20,21)/t16-/m1/s1. The van der Waals surface area contributed by atoms with Crippen molar-refractivity contribution in [2.24, 2.45) is 0 Å². The molecule has 0 spiro atoms. The molecule has 0 saturated heterocycles. The van der Waals surface area contributed by atoms with E-state index in [0.29, 0.717) is 24.5 Å². The maximum Gasteiger partial charge on any atom is 0.261 e. The highest BCUT2D eigenvalue weighted by atomic mass is 16.5. The number of hydrogen-bond acceptors (Lipinski definition) is 3. The molecular formula is C19H23NO3. The van der Waals surface area contributed by atoms with Crippen molar-refractivity contribution in [3.05, 3.63) is 59.7 Å². The molecule has 2 aromatic carbocycles. The summed E-state index contributed by atoms with van der Waals surface area (Å²) >= 11 is 0. The van der Waals surface area contributed by atoms with Gasteiger partial charge in [-0.2, -0.15) is 0 Å². The second-order valence-corrected chi connectivity index (χ2v) is 5.37. The first-order valence-electron chi connectivity index (χ1n) is 7.77. The van der Waals surface area contributed by atoms with E-state index in [0.717, 1.165) is 5.56 Å². The second kappa shape index (κ2) is 8.22. The van der Waals surface area contributed by atoms with Crippen LogP contribution >= 0.6 is 0 Å². The fraction of sp³-hybridized carbons (Fsp3) is 0.316. The van der Waals surface area contributed by atoms with Crippen LogP contribution in [0.15, 0.2) is 48.5 Å². The van der Waals surface area contributed by atoms with Gasteiger partial charge in [0.15, 0.2) is 17.6 Å². The normalized spacial score (nSPS) is 11.6. The van der Waals surface area contributed by atoms with E-state index >= 15 is 0 Å². The van der Waals surface area contributed by atoms with Gasteiger partial charge < -0.3 is 14.8 Å². The summed E-state index contributed by atoms with van der Waals surface area (Å²) in [7, 11) is 1.58. The van der Waals surface area contributed by atoms with E-state index in [2.05, 4.69) is 11.4 Å². The molecule has 0 radical (unpaired) electrons. The predicted molar refractivity (Wildman–Crippen MR) is 90.7 cm³/mol. The highest BCUT2D eigenvalue weighted by Crippen LogP contribution is 2.27. The Morgan fingerprint density at radius 1 is 1.13 bits per heavy atom. The second-order valence-electron chi connectivity index (χ2n) is 5.37. The first-order chi connectivity index (χ1) is 11.1. The molecule has 2 rings (SSSR count). The summed E-state index contributed by atoms with van der Waals surface area (Å²) in [5.74, 6) is 1.07. The van der Waals surface area contributed by atoms with Crippen LogP contribution in [0.25, 0.3) is 0 Å². The summed E-state index contributed by atoms with van der Waals surface area (Å²) in [6.07, 6.45) is 0.0358. The summed E-state index contributed by atoms with van der Waals surface area (Å²) in [5.41, 5.74) is 2.25. The minimum Gasteiger partial charge on any atom is -0.493 e. The third kappa shape index (κ3) is 4.74. The van der Waals surface area contributed by atoms with E-state index in [1.54, 1.807) is 13.2 Å². The van der Waals surface area contributed by atoms with Gasteiger partial charge >= 0.3 is 0 Å². The Balaban J connectivity index is 1.98. The summed E-state index contributed by atoms with van der Waals surface area (Å²) in [5, 5.41) is 2.93. The van der Waals surface area contributed by atoms with Crippen molar-refractivity contribution >= 4 is 5.91 Å². The lowest BCUT2D eigenvalue weighted by molar-refractivity contribution is -0.128. The molecule has 2 aromatic rings. The van der Waals surface area contributed by atoms with Crippen molar-refractivity contribution in [3.8, 4) is 11.5 Å². The van der Waals surface area contributed by atoms with Crippen molar-refractivity contribution in [2.75, 3.05) is 7.11 Å². The number of carbonyl (C=O) groups is 1. The Morgan fingerprint density at radius 3 is 2.52 bits per heavy atom. The zero-order valence-corrected chi connectivity index (χ0v) is 13.8. The Kier molecular flexibility index (Phi) is 6.03. The monoisotopic (exact) mass is 313 g/mol. The molecule has 0 bridgehead atoms. The first-order valence-corrected chi connectivity index (χ1v) is 7.77. The van der Waals surface area contributed by atoms with Gasteiger partial charge in [-0.05, 0) is 31.0 Å². The number of rotatable bonds is 7. The molecule has 0 aliphatic rings. The quantitative estimate of drug-likeness (QED) is 0.851. The molecule has 0 saturated carbocycles. The molecule has 0 unspecified atom stereocenters. The SMILES string of the molecule is CC[C@@H](Oc1ccccc1OC)C(=O)NCc1cccc(C)c1. The van der Waals surface area contributed by atoms with Crippen LogP contribution in [0.3, 0.4) is 0 Å². The molecule has 0 aromatic heterocycles. The lowest BCUT2D eigenvalue weighted by Crippen LogP contribution is -2.37. The van der Waals surface area contributed by atoms with Crippen LogP contribution in [-0.2, 0) is 11.3 Å². The van der Waals surface area contributed by atoms with Crippen molar-refractivity contribution in [1.82, 2.24) is 5.32 Å². The molecule has 1 amide bonds.